The highest BCUT2D eigenvalue weighted by Gasteiger charge is 2.42. The molecule has 2 aliphatic rings. The van der Waals surface area contributed by atoms with Gasteiger partial charge in [0.05, 0.1) is 6.54 Å². The van der Waals surface area contributed by atoms with Crippen LogP contribution in [0, 0.1) is 0 Å². The molecule has 2 saturated heterocycles. The number of imide groups is 1. The number of amides is 4. The van der Waals surface area contributed by atoms with Gasteiger partial charge >= 0.3 is 12.0 Å². The van der Waals surface area contributed by atoms with E-state index >= 15 is 0 Å². The molecule has 0 aliphatic carbocycles. The molecule has 9 heteroatoms. The fourth-order valence-electron chi connectivity index (χ4n) is 2.18. The van der Waals surface area contributed by atoms with E-state index in [0.29, 0.717) is 0 Å². The zero-order valence-corrected chi connectivity index (χ0v) is 10.7. The Morgan fingerprint density at radius 2 is 2.00 bits per heavy atom. The number of aliphatic carboxylic acids is 1. The molecular weight excluding hydrogens is 270 g/mol. The number of carboxylic acids is 1. The number of nitrogens with zero attached hydrogens (tertiary/aromatic N) is 1. The van der Waals surface area contributed by atoms with Gasteiger partial charge in [-0.1, -0.05) is 0 Å². The van der Waals surface area contributed by atoms with Gasteiger partial charge in [-0.2, -0.15) is 0 Å². The van der Waals surface area contributed by atoms with Crippen molar-refractivity contribution in [2.75, 3.05) is 26.3 Å². The van der Waals surface area contributed by atoms with E-state index < -0.39 is 35.9 Å². The molecule has 0 saturated carbocycles. The summed E-state index contributed by atoms with van der Waals surface area (Å²) in [6.07, 6.45) is 0.294. The second-order valence-corrected chi connectivity index (χ2v) is 4.69. The molecule has 20 heavy (non-hydrogen) atoms. The second-order valence-electron chi connectivity index (χ2n) is 4.69. The van der Waals surface area contributed by atoms with Gasteiger partial charge in [0.25, 0.3) is 5.91 Å². The molecule has 2 fully saturated rings. The van der Waals surface area contributed by atoms with Crippen LogP contribution in [0.2, 0.25) is 0 Å². The zero-order valence-electron chi connectivity index (χ0n) is 10.7. The minimum atomic E-state index is -1.39. The van der Waals surface area contributed by atoms with Crippen LogP contribution in [-0.4, -0.2) is 65.7 Å². The average Bonchev–Trinajstić information content (AvgIpc) is 2.71. The molecule has 0 aromatic rings. The molecule has 0 unspecified atom stereocenters. The smallest absolute Gasteiger partial charge is 0.329 e. The summed E-state index contributed by atoms with van der Waals surface area (Å²) in [6.45, 7) is -0.171. The zero-order chi connectivity index (χ0) is 14.8. The van der Waals surface area contributed by atoms with E-state index in [-0.39, 0.29) is 32.6 Å². The Kier molecular flexibility index (Phi) is 3.89. The third-order valence-corrected chi connectivity index (χ3v) is 3.37. The molecule has 0 radical (unpaired) electrons. The highest BCUT2D eigenvalue weighted by molar-refractivity contribution is 6.04. The van der Waals surface area contributed by atoms with E-state index in [1.165, 1.54) is 0 Å². The highest BCUT2D eigenvalue weighted by atomic mass is 16.5. The summed E-state index contributed by atoms with van der Waals surface area (Å²) in [5.74, 6) is -2.34. The summed E-state index contributed by atoms with van der Waals surface area (Å²) in [4.78, 5) is 46.6. The number of hydrogen-bond donors (Lipinski definition) is 3. The van der Waals surface area contributed by atoms with E-state index in [4.69, 9.17) is 4.74 Å². The molecule has 0 aromatic heterocycles. The SMILES string of the molecule is O=C(CN1C(=O)CNC1=O)NC1(C(=O)O)CCOCC1. The van der Waals surface area contributed by atoms with Crippen molar-refractivity contribution < 1.29 is 29.0 Å². The van der Waals surface area contributed by atoms with Crippen LogP contribution in [0.5, 0.6) is 0 Å². The maximum Gasteiger partial charge on any atom is 0.329 e. The van der Waals surface area contributed by atoms with Gasteiger partial charge in [0.15, 0.2) is 0 Å². The van der Waals surface area contributed by atoms with Crippen molar-refractivity contribution in [3.63, 3.8) is 0 Å². The van der Waals surface area contributed by atoms with Crippen molar-refractivity contribution in [3.05, 3.63) is 0 Å². The maximum absolute atomic E-state index is 11.9. The van der Waals surface area contributed by atoms with Gasteiger partial charge in [-0.3, -0.25) is 14.5 Å². The molecule has 4 amide bonds. The highest BCUT2D eigenvalue weighted by Crippen LogP contribution is 2.21. The minimum absolute atomic E-state index is 0.147. The van der Waals surface area contributed by atoms with Crippen LogP contribution in [0.15, 0.2) is 0 Å². The van der Waals surface area contributed by atoms with Crippen LogP contribution >= 0.6 is 0 Å². The Labute approximate surface area is 114 Å². The monoisotopic (exact) mass is 285 g/mol. The van der Waals surface area contributed by atoms with Crippen LogP contribution in [0.1, 0.15) is 12.8 Å². The van der Waals surface area contributed by atoms with Crippen molar-refractivity contribution in [1.82, 2.24) is 15.5 Å². The van der Waals surface area contributed by atoms with Crippen molar-refractivity contribution in [2.24, 2.45) is 0 Å². The molecule has 2 heterocycles. The first kappa shape index (κ1) is 14.3. The van der Waals surface area contributed by atoms with Gasteiger partial charge < -0.3 is 20.5 Å². The van der Waals surface area contributed by atoms with E-state index in [0.717, 1.165) is 4.90 Å². The number of carbonyl (C=O) groups excluding carboxylic acids is 3. The summed E-state index contributed by atoms with van der Waals surface area (Å²) in [7, 11) is 0. The first-order valence-corrected chi connectivity index (χ1v) is 6.15. The number of rotatable bonds is 4. The van der Waals surface area contributed by atoms with E-state index in [1.807, 2.05) is 0 Å². The standard InChI is InChI=1S/C11H15N3O6/c15-7(6-14-8(16)5-12-10(14)19)13-11(9(17)18)1-3-20-4-2-11/h1-6H2,(H,12,19)(H,13,15)(H,17,18). The van der Waals surface area contributed by atoms with Crippen LogP contribution < -0.4 is 10.6 Å². The topological polar surface area (TPSA) is 125 Å². The van der Waals surface area contributed by atoms with Crippen LogP contribution in [0.4, 0.5) is 4.79 Å². The fraction of sp³-hybridized carbons (Fsp3) is 0.636. The molecule has 9 nitrogen and oxygen atoms in total. The molecule has 2 aliphatic heterocycles. The summed E-state index contributed by atoms with van der Waals surface area (Å²) in [5, 5.41) is 14.0. The van der Waals surface area contributed by atoms with Crippen LogP contribution in [0.25, 0.3) is 0 Å². The molecule has 0 aromatic carbocycles. The number of nitrogens with one attached hydrogen (secondary N) is 2. The Morgan fingerprint density at radius 3 is 2.50 bits per heavy atom. The number of ether oxygens (including phenoxy) is 1. The minimum Gasteiger partial charge on any atom is -0.480 e. The van der Waals surface area contributed by atoms with Gasteiger partial charge in [-0.25, -0.2) is 9.59 Å². The molecular formula is C11H15N3O6. The predicted octanol–water partition coefficient (Wildman–Crippen LogP) is -1.71. The van der Waals surface area contributed by atoms with Gasteiger partial charge in [0, 0.05) is 26.1 Å². The average molecular weight is 285 g/mol. The van der Waals surface area contributed by atoms with Gasteiger partial charge in [0.1, 0.15) is 12.1 Å². The molecule has 2 rings (SSSR count). The van der Waals surface area contributed by atoms with E-state index in [2.05, 4.69) is 10.6 Å². The Bertz CT molecular complexity index is 441. The van der Waals surface area contributed by atoms with Crippen molar-refractivity contribution in [2.45, 2.75) is 18.4 Å². The third kappa shape index (κ3) is 2.72. The first-order chi connectivity index (χ1) is 9.44. The quantitative estimate of drug-likeness (QED) is 0.528. The predicted molar refractivity (Wildman–Crippen MR) is 63.7 cm³/mol. The lowest BCUT2D eigenvalue weighted by Crippen LogP contribution is -2.59. The van der Waals surface area contributed by atoms with Gasteiger partial charge in [-0.05, 0) is 0 Å². The third-order valence-electron chi connectivity index (χ3n) is 3.37. The Balaban J connectivity index is 2.00. The lowest BCUT2D eigenvalue weighted by Gasteiger charge is -2.34. The molecule has 110 valence electrons. The van der Waals surface area contributed by atoms with E-state index in [1.54, 1.807) is 0 Å². The second kappa shape index (κ2) is 5.45. The van der Waals surface area contributed by atoms with Crippen LogP contribution in [-0.2, 0) is 19.1 Å². The van der Waals surface area contributed by atoms with Crippen molar-refractivity contribution >= 4 is 23.8 Å². The normalized spacial score (nSPS) is 21.5. The largest absolute Gasteiger partial charge is 0.480 e. The lowest BCUT2D eigenvalue weighted by molar-refractivity contribution is -0.152. The fourth-order valence-corrected chi connectivity index (χ4v) is 2.18. The summed E-state index contributed by atoms with van der Waals surface area (Å²) >= 11 is 0. The van der Waals surface area contributed by atoms with Crippen molar-refractivity contribution in [1.29, 1.82) is 0 Å². The summed E-state index contributed by atoms with van der Waals surface area (Å²) in [6, 6.07) is -0.651. The summed E-state index contributed by atoms with van der Waals surface area (Å²) in [5.41, 5.74) is -1.39. The molecule has 0 spiro atoms. The Morgan fingerprint density at radius 1 is 1.35 bits per heavy atom. The lowest BCUT2D eigenvalue weighted by atomic mass is 9.90. The number of hydrogen-bond acceptors (Lipinski definition) is 5. The molecule has 0 atom stereocenters. The number of carbonyl (C=O) groups is 4. The maximum atomic E-state index is 11.9. The van der Waals surface area contributed by atoms with Gasteiger partial charge in [-0.15, -0.1) is 0 Å². The molecule has 3 N–H and O–H groups in total. The summed E-state index contributed by atoms with van der Waals surface area (Å²) < 4.78 is 5.08. The number of urea groups is 1. The molecule has 0 bridgehead atoms. The van der Waals surface area contributed by atoms with Crippen molar-refractivity contribution in [3.8, 4) is 0 Å². The number of carboxylic acid groups (broad SMARTS) is 1. The van der Waals surface area contributed by atoms with Crippen LogP contribution in [0.3, 0.4) is 0 Å². The Hall–Kier alpha value is -2.16. The first-order valence-electron chi connectivity index (χ1n) is 6.15. The van der Waals surface area contributed by atoms with E-state index in [9.17, 15) is 24.3 Å². The van der Waals surface area contributed by atoms with Gasteiger partial charge in [0.2, 0.25) is 5.91 Å².